The lowest BCUT2D eigenvalue weighted by molar-refractivity contribution is 0.0115. The van der Waals surface area contributed by atoms with Gasteiger partial charge in [0.2, 0.25) is 0 Å². The molecule has 3 heterocycles. The van der Waals surface area contributed by atoms with Crippen molar-refractivity contribution in [2.75, 3.05) is 44.3 Å². The zero-order valence-corrected chi connectivity index (χ0v) is 15.0. The van der Waals surface area contributed by atoms with Crippen molar-refractivity contribution in [3.63, 3.8) is 0 Å². The molecule has 0 N–H and O–H groups in total. The molecule has 124 valence electrons. The lowest BCUT2D eigenvalue weighted by Gasteiger charge is -2.40. The van der Waals surface area contributed by atoms with Crippen LogP contribution in [0.1, 0.15) is 18.4 Å². The van der Waals surface area contributed by atoms with Crippen LogP contribution < -0.4 is 4.90 Å². The van der Waals surface area contributed by atoms with Crippen molar-refractivity contribution in [3.8, 4) is 0 Å². The summed E-state index contributed by atoms with van der Waals surface area (Å²) in [6, 6.07) is 4.74. The minimum Gasteiger partial charge on any atom is -0.379 e. The van der Waals surface area contributed by atoms with Crippen molar-refractivity contribution in [3.05, 3.63) is 22.7 Å². The Kier molecular flexibility index (Phi) is 4.46. The molecule has 0 saturated carbocycles. The van der Waals surface area contributed by atoms with Crippen LogP contribution in [0.3, 0.4) is 0 Å². The summed E-state index contributed by atoms with van der Waals surface area (Å²) in [6.07, 6.45) is 2.42. The highest BCUT2D eigenvalue weighted by atomic mass is 35.5. The van der Waals surface area contributed by atoms with Crippen molar-refractivity contribution < 1.29 is 4.74 Å². The third kappa shape index (κ3) is 3.07. The monoisotopic (exact) mass is 351 g/mol. The number of piperidine rings is 1. The van der Waals surface area contributed by atoms with Crippen LogP contribution in [-0.4, -0.2) is 55.3 Å². The molecule has 4 rings (SSSR count). The second kappa shape index (κ2) is 6.55. The summed E-state index contributed by atoms with van der Waals surface area (Å²) in [5.74, 6) is 0. The van der Waals surface area contributed by atoms with E-state index in [0.717, 1.165) is 59.8 Å². The fourth-order valence-electron chi connectivity index (χ4n) is 3.59. The van der Waals surface area contributed by atoms with E-state index >= 15 is 0 Å². The van der Waals surface area contributed by atoms with Gasteiger partial charge in [0, 0.05) is 32.2 Å². The summed E-state index contributed by atoms with van der Waals surface area (Å²) in [7, 11) is 0. The summed E-state index contributed by atoms with van der Waals surface area (Å²) in [4.78, 5) is 9.89. The van der Waals surface area contributed by atoms with Crippen LogP contribution in [-0.2, 0) is 4.74 Å². The van der Waals surface area contributed by atoms with Gasteiger partial charge in [0.15, 0.2) is 5.13 Å². The Morgan fingerprint density at radius 3 is 2.61 bits per heavy atom. The number of morpholine rings is 1. The Labute approximate surface area is 146 Å². The first-order valence-corrected chi connectivity index (χ1v) is 9.54. The van der Waals surface area contributed by atoms with Gasteiger partial charge in [-0.15, -0.1) is 0 Å². The predicted molar refractivity (Wildman–Crippen MR) is 97.0 cm³/mol. The fourth-order valence-corrected chi connectivity index (χ4v) is 4.96. The summed E-state index contributed by atoms with van der Waals surface area (Å²) in [6.45, 7) is 8.21. The Hall–Kier alpha value is -0.880. The number of ether oxygens (including phenoxy) is 1. The Morgan fingerprint density at radius 1 is 1.17 bits per heavy atom. The van der Waals surface area contributed by atoms with Gasteiger partial charge in [-0.1, -0.05) is 29.0 Å². The van der Waals surface area contributed by atoms with E-state index in [1.165, 1.54) is 18.4 Å². The van der Waals surface area contributed by atoms with Gasteiger partial charge >= 0.3 is 0 Å². The van der Waals surface area contributed by atoms with E-state index in [0.29, 0.717) is 6.04 Å². The standard InChI is InChI=1S/C17H22ClN3OS/c1-12-2-3-14(18)16-15(12)19-17(23-16)21-6-4-13(5-7-21)20-8-10-22-11-9-20/h2-3,13H,4-11H2,1H3. The van der Waals surface area contributed by atoms with E-state index in [2.05, 4.69) is 22.8 Å². The molecule has 2 saturated heterocycles. The van der Waals surface area contributed by atoms with E-state index < -0.39 is 0 Å². The van der Waals surface area contributed by atoms with E-state index in [1.807, 2.05) is 6.07 Å². The Bertz CT molecular complexity index is 651. The van der Waals surface area contributed by atoms with Crippen LogP contribution in [0.2, 0.25) is 5.02 Å². The summed E-state index contributed by atoms with van der Waals surface area (Å²) >= 11 is 8.07. The molecule has 2 aliphatic heterocycles. The summed E-state index contributed by atoms with van der Waals surface area (Å²) < 4.78 is 6.59. The van der Waals surface area contributed by atoms with Crippen molar-refractivity contribution in [1.82, 2.24) is 9.88 Å². The van der Waals surface area contributed by atoms with Gasteiger partial charge in [0.25, 0.3) is 0 Å². The maximum Gasteiger partial charge on any atom is 0.186 e. The molecular formula is C17H22ClN3OS. The molecule has 2 aliphatic rings. The average Bonchev–Trinajstić information content (AvgIpc) is 3.06. The number of benzene rings is 1. The lowest BCUT2D eigenvalue weighted by Crippen LogP contribution is -2.49. The topological polar surface area (TPSA) is 28.6 Å². The number of aryl methyl sites for hydroxylation is 1. The molecule has 23 heavy (non-hydrogen) atoms. The molecule has 0 bridgehead atoms. The van der Waals surface area contributed by atoms with Gasteiger partial charge in [-0.3, -0.25) is 4.90 Å². The number of rotatable bonds is 2. The molecule has 0 aliphatic carbocycles. The lowest BCUT2D eigenvalue weighted by atomic mass is 10.0. The van der Waals surface area contributed by atoms with E-state index in [4.69, 9.17) is 21.3 Å². The van der Waals surface area contributed by atoms with Crippen LogP contribution in [0.5, 0.6) is 0 Å². The molecule has 0 radical (unpaired) electrons. The van der Waals surface area contributed by atoms with Crippen molar-refractivity contribution >= 4 is 38.3 Å². The van der Waals surface area contributed by atoms with Gasteiger partial charge in [-0.25, -0.2) is 4.98 Å². The van der Waals surface area contributed by atoms with Gasteiger partial charge in [0.1, 0.15) is 0 Å². The van der Waals surface area contributed by atoms with Crippen LogP contribution >= 0.6 is 22.9 Å². The molecule has 2 aromatic rings. The van der Waals surface area contributed by atoms with Crippen molar-refractivity contribution in [2.45, 2.75) is 25.8 Å². The van der Waals surface area contributed by atoms with E-state index in [1.54, 1.807) is 11.3 Å². The highest BCUT2D eigenvalue weighted by Gasteiger charge is 2.27. The number of hydrogen-bond acceptors (Lipinski definition) is 5. The molecule has 0 atom stereocenters. The van der Waals surface area contributed by atoms with Crippen molar-refractivity contribution in [1.29, 1.82) is 0 Å². The molecule has 0 spiro atoms. The molecule has 6 heteroatoms. The smallest absolute Gasteiger partial charge is 0.186 e. The third-order valence-corrected chi connectivity index (χ3v) is 6.56. The van der Waals surface area contributed by atoms with Crippen LogP contribution in [0.25, 0.3) is 10.2 Å². The highest BCUT2D eigenvalue weighted by molar-refractivity contribution is 7.22. The molecule has 4 nitrogen and oxygen atoms in total. The zero-order valence-electron chi connectivity index (χ0n) is 13.4. The second-order valence-electron chi connectivity index (χ2n) is 6.41. The Balaban J connectivity index is 1.48. The van der Waals surface area contributed by atoms with Gasteiger partial charge in [-0.05, 0) is 31.4 Å². The third-order valence-electron chi connectivity index (χ3n) is 4.98. The summed E-state index contributed by atoms with van der Waals surface area (Å²) in [5, 5.41) is 1.94. The number of anilines is 1. The fraction of sp³-hybridized carbons (Fsp3) is 0.588. The number of halogens is 1. The minimum atomic E-state index is 0.704. The molecule has 0 amide bonds. The van der Waals surface area contributed by atoms with Gasteiger partial charge < -0.3 is 9.64 Å². The molecule has 0 unspecified atom stereocenters. The normalized spacial score (nSPS) is 21.2. The van der Waals surface area contributed by atoms with Crippen LogP contribution in [0, 0.1) is 6.92 Å². The first-order chi connectivity index (χ1) is 11.2. The quantitative estimate of drug-likeness (QED) is 0.827. The van der Waals surface area contributed by atoms with Crippen LogP contribution in [0.15, 0.2) is 12.1 Å². The largest absolute Gasteiger partial charge is 0.379 e. The SMILES string of the molecule is Cc1ccc(Cl)c2sc(N3CCC(N4CCOCC4)CC3)nc12. The number of fused-ring (bicyclic) bond motifs is 1. The highest BCUT2D eigenvalue weighted by Crippen LogP contribution is 2.36. The number of nitrogens with zero attached hydrogens (tertiary/aromatic N) is 3. The van der Waals surface area contributed by atoms with Crippen LogP contribution in [0.4, 0.5) is 5.13 Å². The average molecular weight is 352 g/mol. The number of aromatic nitrogens is 1. The summed E-state index contributed by atoms with van der Waals surface area (Å²) in [5.41, 5.74) is 2.27. The first-order valence-electron chi connectivity index (χ1n) is 8.35. The second-order valence-corrected chi connectivity index (χ2v) is 7.79. The van der Waals surface area contributed by atoms with E-state index in [-0.39, 0.29) is 0 Å². The maximum absolute atomic E-state index is 6.34. The predicted octanol–water partition coefficient (Wildman–Crippen LogP) is 3.56. The van der Waals surface area contributed by atoms with E-state index in [9.17, 15) is 0 Å². The zero-order chi connectivity index (χ0) is 15.8. The Morgan fingerprint density at radius 2 is 1.91 bits per heavy atom. The maximum atomic E-state index is 6.34. The number of hydrogen-bond donors (Lipinski definition) is 0. The first kappa shape index (κ1) is 15.6. The molecule has 1 aromatic carbocycles. The number of thiazole rings is 1. The van der Waals surface area contributed by atoms with Gasteiger partial charge in [-0.2, -0.15) is 0 Å². The molecular weight excluding hydrogens is 330 g/mol. The molecule has 2 fully saturated rings. The minimum absolute atomic E-state index is 0.704. The molecule has 1 aromatic heterocycles. The van der Waals surface area contributed by atoms with Crippen molar-refractivity contribution in [2.24, 2.45) is 0 Å². The van der Waals surface area contributed by atoms with Gasteiger partial charge in [0.05, 0.1) is 28.5 Å².